The van der Waals surface area contributed by atoms with Crippen LogP contribution < -0.4 is 0 Å². The zero-order valence-corrected chi connectivity index (χ0v) is 20.8. The van der Waals surface area contributed by atoms with Crippen molar-refractivity contribution in [2.24, 2.45) is 34.5 Å². The van der Waals surface area contributed by atoms with Gasteiger partial charge in [-0.2, -0.15) is 0 Å². The summed E-state index contributed by atoms with van der Waals surface area (Å²) in [6.45, 7) is 10.9. The van der Waals surface area contributed by atoms with Crippen LogP contribution in [0.4, 0.5) is 0 Å². The maximum Gasteiger partial charge on any atom is 0.167 e. The molecular weight excluding hydrogens is 404 g/mol. The number of fused-ring (bicyclic) bond motifs is 1. The van der Waals surface area contributed by atoms with Crippen LogP contribution >= 0.6 is 0 Å². The number of rotatable bonds is 8. The molecule has 32 heavy (non-hydrogen) atoms. The van der Waals surface area contributed by atoms with Gasteiger partial charge >= 0.3 is 0 Å². The number of aliphatic hydroxyl groups excluding tert-OH is 3. The molecule has 0 heterocycles. The standard InChI is InChI=1S/C27H46O5/c1-17(2)7-6-8-18(3)21-9-10-22(25(21,4)13-14-28)20-15-23(30)27(32)16-19(29)11-12-26(27,5)24(20)31/h15,17-19,21-23,28-30,32H,6-14,16H2,1-5H3/t18?,19-,21+,22-,23+,25+,26+,27-/m0/s1. The summed E-state index contributed by atoms with van der Waals surface area (Å²) < 4.78 is 0. The highest BCUT2D eigenvalue weighted by Gasteiger charge is 2.63. The van der Waals surface area contributed by atoms with Crippen molar-refractivity contribution in [2.45, 2.75) is 110 Å². The Balaban J connectivity index is 1.90. The van der Waals surface area contributed by atoms with Gasteiger partial charge in [0.25, 0.3) is 0 Å². The molecule has 3 aliphatic carbocycles. The van der Waals surface area contributed by atoms with Crippen molar-refractivity contribution in [1.29, 1.82) is 0 Å². The highest BCUT2D eigenvalue weighted by atomic mass is 16.3. The fourth-order valence-electron chi connectivity index (χ4n) is 7.45. The van der Waals surface area contributed by atoms with Crippen LogP contribution in [0.1, 0.15) is 92.4 Å². The largest absolute Gasteiger partial charge is 0.396 e. The van der Waals surface area contributed by atoms with E-state index in [0.29, 0.717) is 42.6 Å². The minimum atomic E-state index is -1.62. The molecule has 2 saturated carbocycles. The molecular formula is C27H46O5. The average molecular weight is 451 g/mol. The summed E-state index contributed by atoms with van der Waals surface area (Å²) in [4.78, 5) is 13.9. The zero-order valence-electron chi connectivity index (χ0n) is 20.8. The first-order chi connectivity index (χ1) is 14.9. The third-order valence-electron chi connectivity index (χ3n) is 9.63. The molecule has 2 fully saturated rings. The number of allylic oxidation sites excluding steroid dienone is 1. The van der Waals surface area contributed by atoms with Gasteiger partial charge in [0.1, 0.15) is 11.7 Å². The highest BCUT2D eigenvalue weighted by molar-refractivity contribution is 6.02. The SMILES string of the molecule is CC(C)CCCC(C)[C@H]1CC[C@@H](C2=C[C@@H](O)[C@@]3(O)C[C@@H](O)CC[C@]3(C)C2=O)[C@]1(C)CCO. The lowest BCUT2D eigenvalue weighted by Gasteiger charge is -2.54. The lowest BCUT2D eigenvalue weighted by atomic mass is 9.53. The van der Waals surface area contributed by atoms with Gasteiger partial charge < -0.3 is 20.4 Å². The molecule has 8 atom stereocenters. The Hall–Kier alpha value is -0.750. The monoisotopic (exact) mass is 450 g/mol. The number of ketones is 1. The van der Waals surface area contributed by atoms with E-state index in [-0.39, 0.29) is 30.1 Å². The van der Waals surface area contributed by atoms with Crippen molar-refractivity contribution < 1.29 is 25.2 Å². The van der Waals surface area contributed by atoms with Crippen molar-refractivity contribution in [3.63, 3.8) is 0 Å². The van der Waals surface area contributed by atoms with Crippen molar-refractivity contribution in [3.05, 3.63) is 11.6 Å². The minimum absolute atomic E-state index is 0.0221. The average Bonchev–Trinajstić information content (AvgIpc) is 3.04. The molecule has 5 heteroatoms. The second kappa shape index (κ2) is 9.48. The van der Waals surface area contributed by atoms with Gasteiger partial charge in [0.15, 0.2) is 5.78 Å². The molecule has 0 spiro atoms. The topological polar surface area (TPSA) is 98.0 Å². The normalized spacial score (nSPS) is 43.3. The van der Waals surface area contributed by atoms with Crippen LogP contribution in [0.25, 0.3) is 0 Å². The summed E-state index contributed by atoms with van der Waals surface area (Å²) >= 11 is 0. The van der Waals surface area contributed by atoms with Crippen molar-refractivity contribution in [1.82, 2.24) is 0 Å². The third kappa shape index (κ3) is 4.23. The molecule has 0 bridgehead atoms. The number of hydrogen-bond donors (Lipinski definition) is 4. The van der Waals surface area contributed by atoms with Crippen molar-refractivity contribution in [2.75, 3.05) is 6.61 Å². The Morgan fingerprint density at radius 1 is 1.09 bits per heavy atom. The lowest BCUT2D eigenvalue weighted by molar-refractivity contribution is -0.191. The Bertz CT molecular complexity index is 717. The van der Waals surface area contributed by atoms with Crippen LogP contribution in [0, 0.1) is 34.5 Å². The first kappa shape index (κ1) is 25.9. The van der Waals surface area contributed by atoms with Gasteiger partial charge in [-0.3, -0.25) is 4.79 Å². The van der Waals surface area contributed by atoms with E-state index in [9.17, 15) is 25.2 Å². The number of aliphatic hydroxyl groups is 4. The Labute approximate surface area is 194 Å². The summed E-state index contributed by atoms with van der Waals surface area (Å²) in [6, 6.07) is 0. The molecule has 0 aromatic rings. The van der Waals surface area contributed by atoms with Gasteiger partial charge in [0, 0.05) is 13.0 Å². The first-order valence-electron chi connectivity index (χ1n) is 12.9. The molecule has 0 aromatic heterocycles. The van der Waals surface area contributed by atoms with E-state index in [1.54, 1.807) is 13.0 Å². The molecule has 4 N–H and O–H groups in total. The maximum atomic E-state index is 13.9. The summed E-state index contributed by atoms with van der Waals surface area (Å²) in [5, 5.41) is 42.4. The molecule has 3 rings (SSSR count). The number of hydrogen-bond acceptors (Lipinski definition) is 5. The van der Waals surface area contributed by atoms with Gasteiger partial charge in [0.2, 0.25) is 0 Å². The fraction of sp³-hybridized carbons (Fsp3) is 0.889. The lowest BCUT2D eigenvalue weighted by Crippen LogP contribution is -2.65. The number of carbonyl (C=O) groups is 1. The molecule has 184 valence electrons. The zero-order chi connectivity index (χ0) is 23.9. The molecule has 0 saturated heterocycles. The van der Waals surface area contributed by atoms with E-state index in [1.165, 1.54) is 12.8 Å². The van der Waals surface area contributed by atoms with Crippen LogP contribution in [-0.2, 0) is 4.79 Å². The molecule has 3 aliphatic rings. The summed E-state index contributed by atoms with van der Waals surface area (Å²) in [5.74, 6) is 1.53. The van der Waals surface area contributed by atoms with E-state index < -0.39 is 23.2 Å². The quantitative estimate of drug-likeness (QED) is 0.448. The minimum Gasteiger partial charge on any atom is -0.396 e. The Kier molecular flexibility index (Phi) is 7.66. The second-order valence-electron chi connectivity index (χ2n) is 12.1. The second-order valence-corrected chi connectivity index (χ2v) is 12.1. The molecule has 1 unspecified atom stereocenters. The predicted molar refractivity (Wildman–Crippen MR) is 126 cm³/mol. The summed E-state index contributed by atoms with van der Waals surface area (Å²) in [6.07, 6.45) is 6.67. The third-order valence-corrected chi connectivity index (χ3v) is 9.63. The maximum absolute atomic E-state index is 13.9. The van der Waals surface area contributed by atoms with Gasteiger partial charge in [0.05, 0.1) is 11.5 Å². The predicted octanol–water partition coefficient (Wildman–Crippen LogP) is 4.02. The van der Waals surface area contributed by atoms with Crippen LogP contribution in [0.5, 0.6) is 0 Å². The molecule has 0 aromatic carbocycles. The highest BCUT2D eigenvalue weighted by Crippen LogP contribution is 2.60. The van der Waals surface area contributed by atoms with Crippen LogP contribution in [0.3, 0.4) is 0 Å². The van der Waals surface area contributed by atoms with E-state index in [2.05, 4.69) is 27.7 Å². The van der Waals surface area contributed by atoms with Gasteiger partial charge in [-0.15, -0.1) is 0 Å². The van der Waals surface area contributed by atoms with Crippen LogP contribution in [0.2, 0.25) is 0 Å². The van der Waals surface area contributed by atoms with Crippen molar-refractivity contribution in [3.8, 4) is 0 Å². The molecule has 0 radical (unpaired) electrons. The van der Waals surface area contributed by atoms with Gasteiger partial charge in [-0.25, -0.2) is 0 Å². The summed E-state index contributed by atoms with van der Waals surface area (Å²) in [5.41, 5.74) is -2.28. The smallest absolute Gasteiger partial charge is 0.167 e. The van der Waals surface area contributed by atoms with E-state index in [1.807, 2.05) is 0 Å². The number of carbonyl (C=O) groups excluding carboxylic acids is 1. The van der Waals surface area contributed by atoms with Gasteiger partial charge in [-0.05, 0) is 79.8 Å². The van der Waals surface area contributed by atoms with Crippen molar-refractivity contribution >= 4 is 5.78 Å². The molecule has 0 amide bonds. The fourth-order valence-corrected chi connectivity index (χ4v) is 7.45. The van der Waals surface area contributed by atoms with Crippen LogP contribution in [-0.4, -0.2) is 50.6 Å². The molecule has 5 nitrogen and oxygen atoms in total. The van der Waals surface area contributed by atoms with E-state index >= 15 is 0 Å². The molecule has 0 aliphatic heterocycles. The van der Waals surface area contributed by atoms with E-state index in [0.717, 1.165) is 19.3 Å². The Morgan fingerprint density at radius 3 is 2.41 bits per heavy atom. The number of Topliss-reactive ketones (excluding diaryl/α,β-unsaturated/α-hetero) is 1. The Morgan fingerprint density at radius 2 is 1.78 bits per heavy atom. The van der Waals surface area contributed by atoms with Crippen LogP contribution in [0.15, 0.2) is 11.6 Å². The van der Waals surface area contributed by atoms with E-state index in [4.69, 9.17) is 0 Å². The summed E-state index contributed by atoms with van der Waals surface area (Å²) in [7, 11) is 0. The first-order valence-corrected chi connectivity index (χ1v) is 12.9. The van der Waals surface area contributed by atoms with Gasteiger partial charge in [-0.1, -0.05) is 47.0 Å².